The number of Topliss-reactive ketones (excluding diaryl/α,β-unsaturated/α-hetero) is 1. The van der Waals surface area contributed by atoms with E-state index in [0.717, 1.165) is 18.4 Å². The molecule has 1 rings (SSSR count). The zero-order valence-electron chi connectivity index (χ0n) is 18.6. The maximum Gasteiger partial charge on any atom is 0.147 e. The molecule has 29 heavy (non-hydrogen) atoms. The van der Waals surface area contributed by atoms with E-state index in [-0.39, 0.29) is 30.5 Å². The number of benzene rings is 1. The lowest BCUT2D eigenvalue weighted by Crippen LogP contribution is -2.24. The van der Waals surface area contributed by atoms with Gasteiger partial charge < -0.3 is 19.0 Å². The Kier molecular flexibility index (Phi) is 13.0. The summed E-state index contributed by atoms with van der Waals surface area (Å²) < 4.78 is 16.6. The number of ether oxygens (including phenoxy) is 3. The van der Waals surface area contributed by atoms with Crippen molar-refractivity contribution in [3.63, 3.8) is 0 Å². The molecule has 160 valence electrons. The maximum absolute atomic E-state index is 11.3. The van der Waals surface area contributed by atoms with Crippen LogP contribution < -0.4 is 0 Å². The average molecular weight is 401 g/mol. The van der Waals surface area contributed by atoms with Crippen molar-refractivity contribution in [2.45, 2.75) is 59.7 Å². The minimum Gasteiger partial charge on any atom is -0.377 e. The second-order valence-electron chi connectivity index (χ2n) is 7.54. The van der Waals surface area contributed by atoms with Crippen LogP contribution in [0, 0.1) is 23.7 Å². The van der Waals surface area contributed by atoms with E-state index in [4.69, 9.17) is 14.2 Å². The van der Waals surface area contributed by atoms with E-state index >= 15 is 0 Å². The number of carbonyl (C=O) groups excluding carboxylic acids is 1. The summed E-state index contributed by atoms with van der Waals surface area (Å²) in [6.07, 6.45) is 4.20. The lowest BCUT2D eigenvalue weighted by atomic mass is 9.94. The summed E-state index contributed by atoms with van der Waals surface area (Å²) in [6, 6.07) is 10.2. The SMILES string of the molecule is COCO[C@@H](/C(C)=C\[C@H](C)CC(C)=O)[C@H](C)C#CCCCOCc1ccccc1. The molecule has 0 saturated carbocycles. The van der Waals surface area contributed by atoms with E-state index in [0.29, 0.717) is 19.6 Å². The third-order valence-electron chi connectivity index (χ3n) is 4.46. The van der Waals surface area contributed by atoms with Gasteiger partial charge in [-0.05, 0) is 44.2 Å². The van der Waals surface area contributed by atoms with Crippen molar-refractivity contribution in [3.05, 3.63) is 47.5 Å². The molecule has 0 aliphatic rings. The van der Waals surface area contributed by atoms with Gasteiger partial charge >= 0.3 is 0 Å². The van der Waals surface area contributed by atoms with Crippen molar-refractivity contribution < 1.29 is 19.0 Å². The molecule has 0 unspecified atom stereocenters. The van der Waals surface area contributed by atoms with Gasteiger partial charge in [0.25, 0.3) is 0 Å². The van der Waals surface area contributed by atoms with Gasteiger partial charge in [0, 0.05) is 32.5 Å². The molecule has 0 heterocycles. The second-order valence-corrected chi connectivity index (χ2v) is 7.54. The Morgan fingerprint density at radius 1 is 1.17 bits per heavy atom. The van der Waals surface area contributed by atoms with Gasteiger partial charge in [-0.2, -0.15) is 0 Å². The van der Waals surface area contributed by atoms with Crippen LogP contribution in [0.4, 0.5) is 0 Å². The Morgan fingerprint density at radius 3 is 2.55 bits per heavy atom. The van der Waals surface area contributed by atoms with Crippen LogP contribution in [0.5, 0.6) is 0 Å². The zero-order valence-corrected chi connectivity index (χ0v) is 18.6. The van der Waals surface area contributed by atoms with Crippen molar-refractivity contribution in [1.82, 2.24) is 0 Å². The molecular formula is C25H36O4. The first-order valence-electron chi connectivity index (χ1n) is 10.3. The van der Waals surface area contributed by atoms with Crippen molar-refractivity contribution in [2.75, 3.05) is 20.5 Å². The van der Waals surface area contributed by atoms with Crippen molar-refractivity contribution >= 4 is 5.78 Å². The maximum atomic E-state index is 11.3. The fraction of sp³-hybridized carbons (Fsp3) is 0.560. The molecular weight excluding hydrogens is 364 g/mol. The standard InChI is InChI=1S/C25H36O4/c1-20(17-23(4)26)16-22(3)25(29-19-27-5)21(2)12-8-7-11-15-28-18-24-13-9-6-10-14-24/h6,9-10,13-14,16,20-21,25H,7,11,15,17-19H2,1-5H3/b22-16-/t20-,21+,25+/m0/s1. The first kappa shape index (κ1) is 25.1. The minimum absolute atomic E-state index is 0.0381. The van der Waals surface area contributed by atoms with Crippen LogP contribution in [0.2, 0.25) is 0 Å². The molecule has 0 aliphatic carbocycles. The second kappa shape index (κ2) is 15.0. The van der Waals surface area contributed by atoms with Crippen LogP contribution in [-0.4, -0.2) is 32.4 Å². The Morgan fingerprint density at radius 2 is 1.90 bits per heavy atom. The number of carbonyl (C=O) groups is 1. The summed E-state index contributed by atoms with van der Waals surface area (Å²) >= 11 is 0. The summed E-state index contributed by atoms with van der Waals surface area (Å²) in [4.78, 5) is 11.3. The topological polar surface area (TPSA) is 44.8 Å². The van der Waals surface area contributed by atoms with Gasteiger partial charge in [0.15, 0.2) is 0 Å². The number of allylic oxidation sites excluding steroid dienone is 1. The molecule has 0 aliphatic heterocycles. The van der Waals surface area contributed by atoms with Crippen LogP contribution in [-0.2, 0) is 25.6 Å². The van der Waals surface area contributed by atoms with E-state index in [1.807, 2.05) is 32.0 Å². The Bertz CT molecular complexity index is 669. The Labute approximate surface area is 176 Å². The first-order valence-corrected chi connectivity index (χ1v) is 10.3. The molecule has 0 fully saturated rings. The molecule has 0 spiro atoms. The minimum atomic E-state index is -0.147. The number of methoxy groups -OCH3 is 1. The molecule has 3 atom stereocenters. The van der Waals surface area contributed by atoms with E-state index in [9.17, 15) is 4.79 Å². The quantitative estimate of drug-likeness (QED) is 0.198. The monoisotopic (exact) mass is 400 g/mol. The van der Waals surface area contributed by atoms with Gasteiger partial charge in [-0.3, -0.25) is 0 Å². The highest BCUT2D eigenvalue weighted by Gasteiger charge is 2.19. The fourth-order valence-corrected chi connectivity index (χ4v) is 3.20. The summed E-state index contributed by atoms with van der Waals surface area (Å²) in [5.74, 6) is 6.96. The highest BCUT2D eigenvalue weighted by Crippen LogP contribution is 2.19. The molecule has 0 aromatic heterocycles. The fourth-order valence-electron chi connectivity index (χ4n) is 3.20. The number of rotatable bonds is 13. The van der Waals surface area contributed by atoms with Crippen molar-refractivity contribution in [2.24, 2.45) is 11.8 Å². The predicted molar refractivity (Wildman–Crippen MR) is 117 cm³/mol. The van der Waals surface area contributed by atoms with Crippen molar-refractivity contribution in [3.8, 4) is 11.8 Å². The predicted octanol–water partition coefficient (Wildman–Crippen LogP) is 5.17. The lowest BCUT2D eigenvalue weighted by molar-refractivity contribution is -0.117. The molecule has 0 amide bonds. The summed E-state index contributed by atoms with van der Waals surface area (Å²) in [7, 11) is 1.61. The summed E-state index contributed by atoms with van der Waals surface area (Å²) in [5, 5.41) is 0. The van der Waals surface area contributed by atoms with Crippen LogP contribution in [0.25, 0.3) is 0 Å². The number of unbranched alkanes of at least 4 members (excludes halogenated alkanes) is 1. The van der Waals surface area contributed by atoms with Gasteiger partial charge in [0.1, 0.15) is 12.6 Å². The lowest BCUT2D eigenvalue weighted by Gasteiger charge is -2.22. The van der Waals surface area contributed by atoms with E-state index < -0.39 is 0 Å². The average Bonchev–Trinajstić information content (AvgIpc) is 2.67. The molecule has 0 N–H and O–H groups in total. The smallest absolute Gasteiger partial charge is 0.147 e. The van der Waals surface area contributed by atoms with Gasteiger partial charge in [-0.15, -0.1) is 5.92 Å². The Balaban J connectivity index is 2.47. The molecule has 1 aromatic rings. The van der Waals surface area contributed by atoms with Crippen LogP contribution >= 0.6 is 0 Å². The number of hydrogen-bond donors (Lipinski definition) is 0. The molecule has 0 bridgehead atoms. The van der Waals surface area contributed by atoms with Gasteiger partial charge in [0.2, 0.25) is 0 Å². The molecule has 0 radical (unpaired) electrons. The third-order valence-corrected chi connectivity index (χ3v) is 4.46. The normalized spacial score (nSPS) is 14.6. The third kappa shape index (κ3) is 11.6. The number of ketones is 1. The van der Waals surface area contributed by atoms with Gasteiger partial charge in [0.05, 0.1) is 12.7 Å². The van der Waals surface area contributed by atoms with Gasteiger partial charge in [-0.1, -0.05) is 49.3 Å². The van der Waals surface area contributed by atoms with E-state index in [2.05, 4.69) is 37.0 Å². The van der Waals surface area contributed by atoms with Crippen LogP contribution in [0.1, 0.15) is 52.5 Å². The van der Waals surface area contributed by atoms with Crippen molar-refractivity contribution in [1.29, 1.82) is 0 Å². The molecule has 4 heteroatoms. The van der Waals surface area contributed by atoms with Crippen LogP contribution in [0.3, 0.4) is 0 Å². The molecule has 1 aromatic carbocycles. The van der Waals surface area contributed by atoms with Gasteiger partial charge in [-0.25, -0.2) is 0 Å². The highest BCUT2D eigenvalue weighted by atomic mass is 16.7. The summed E-state index contributed by atoms with van der Waals surface area (Å²) in [5.41, 5.74) is 2.27. The summed E-state index contributed by atoms with van der Waals surface area (Å²) in [6.45, 7) is 9.32. The highest BCUT2D eigenvalue weighted by molar-refractivity contribution is 5.75. The van der Waals surface area contributed by atoms with E-state index in [1.165, 1.54) is 5.56 Å². The number of hydrogen-bond acceptors (Lipinski definition) is 4. The first-order chi connectivity index (χ1) is 13.9. The molecule has 4 nitrogen and oxygen atoms in total. The van der Waals surface area contributed by atoms with Crippen LogP contribution in [0.15, 0.2) is 42.0 Å². The largest absolute Gasteiger partial charge is 0.377 e. The Hall–Kier alpha value is -1.93. The molecule has 0 saturated heterocycles. The van der Waals surface area contributed by atoms with E-state index in [1.54, 1.807) is 14.0 Å². The zero-order chi connectivity index (χ0) is 21.5.